The molecule has 1 fully saturated rings. The molecular weight excluding hydrogens is 234 g/mol. The Labute approximate surface area is 98.2 Å². The molecule has 0 aliphatic carbocycles. The monoisotopic (exact) mass is 247 g/mol. The molecule has 0 atom stereocenters. The van der Waals surface area contributed by atoms with Crippen LogP contribution >= 0.6 is 34.7 Å². The molecule has 0 amide bonds. The van der Waals surface area contributed by atoms with Crippen LogP contribution in [0.5, 0.6) is 0 Å². The lowest BCUT2D eigenvalue weighted by Gasteiger charge is -2.21. The van der Waals surface area contributed by atoms with Gasteiger partial charge in [-0.05, 0) is 44.0 Å². The fourth-order valence-corrected chi connectivity index (χ4v) is 4.14. The third kappa shape index (κ3) is 3.16. The zero-order chi connectivity index (χ0) is 9.80. The molecule has 78 valence electrons. The summed E-state index contributed by atoms with van der Waals surface area (Å²) in [4.78, 5) is 0. The van der Waals surface area contributed by atoms with Crippen LogP contribution in [0.3, 0.4) is 0 Å². The summed E-state index contributed by atoms with van der Waals surface area (Å²) in [5.41, 5.74) is 0. The fourth-order valence-electron chi connectivity index (χ4n) is 1.62. The van der Waals surface area contributed by atoms with Gasteiger partial charge in [0.05, 0.1) is 8.55 Å². The smallest absolute Gasteiger partial charge is 0.0940 e. The molecule has 0 radical (unpaired) electrons. The summed E-state index contributed by atoms with van der Waals surface area (Å²) in [6.07, 6.45) is 2.65. The third-order valence-corrected chi connectivity index (χ3v) is 5.16. The van der Waals surface area contributed by atoms with Crippen molar-refractivity contribution in [3.63, 3.8) is 0 Å². The van der Waals surface area contributed by atoms with E-state index < -0.39 is 0 Å². The number of halogens is 1. The second kappa shape index (κ2) is 5.40. The van der Waals surface area contributed by atoms with E-state index in [1.54, 1.807) is 11.3 Å². The number of hydrogen-bond donors (Lipinski definition) is 1. The van der Waals surface area contributed by atoms with Crippen molar-refractivity contribution in [1.82, 2.24) is 5.32 Å². The summed E-state index contributed by atoms with van der Waals surface area (Å²) in [6, 6.07) is 4.11. The summed E-state index contributed by atoms with van der Waals surface area (Å²) in [6.45, 7) is 2.38. The summed E-state index contributed by atoms with van der Waals surface area (Å²) >= 11 is 9.52. The van der Waals surface area contributed by atoms with Gasteiger partial charge in [0.15, 0.2) is 0 Å². The second-order valence-corrected chi connectivity index (χ2v) is 6.60. The zero-order valence-electron chi connectivity index (χ0n) is 7.96. The molecule has 0 unspecified atom stereocenters. The Bertz CT molecular complexity index is 281. The van der Waals surface area contributed by atoms with Crippen LogP contribution in [-0.2, 0) is 0 Å². The van der Waals surface area contributed by atoms with Gasteiger partial charge in [0.1, 0.15) is 0 Å². The molecule has 14 heavy (non-hydrogen) atoms. The van der Waals surface area contributed by atoms with Crippen LogP contribution in [0.25, 0.3) is 0 Å². The van der Waals surface area contributed by atoms with Gasteiger partial charge in [0, 0.05) is 5.75 Å². The van der Waals surface area contributed by atoms with Gasteiger partial charge in [-0.25, -0.2) is 0 Å². The van der Waals surface area contributed by atoms with Gasteiger partial charge in [-0.15, -0.1) is 23.1 Å². The Morgan fingerprint density at radius 2 is 2.21 bits per heavy atom. The van der Waals surface area contributed by atoms with Crippen molar-refractivity contribution < 1.29 is 0 Å². The van der Waals surface area contributed by atoms with Crippen molar-refractivity contribution in [3.8, 4) is 0 Å². The first-order valence-corrected chi connectivity index (χ1v) is 7.11. The molecule has 0 spiro atoms. The summed E-state index contributed by atoms with van der Waals surface area (Å²) in [5, 5.41) is 3.39. The van der Waals surface area contributed by atoms with E-state index in [9.17, 15) is 0 Å². The molecular formula is C10H14ClNS2. The fraction of sp³-hybridized carbons (Fsp3) is 0.600. The molecule has 4 heteroatoms. The summed E-state index contributed by atoms with van der Waals surface area (Å²) in [7, 11) is 0. The number of hydrogen-bond acceptors (Lipinski definition) is 3. The van der Waals surface area contributed by atoms with Crippen molar-refractivity contribution >= 4 is 34.7 Å². The van der Waals surface area contributed by atoms with Gasteiger partial charge in [0.25, 0.3) is 0 Å². The number of piperidine rings is 1. The second-order valence-electron chi connectivity index (χ2n) is 3.56. The maximum absolute atomic E-state index is 5.88. The number of nitrogens with one attached hydrogen (secondary N) is 1. The maximum Gasteiger partial charge on any atom is 0.0940 e. The van der Waals surface area contributed by atoms with E-state index in [4.69, 9.17) is 11.6 Å². The van der Waals surface area contributed by atoms with Crippen LogP contribution in [0.4, 0.5) is 0 Å². The van der Waals surface area contributed by atoms with Gasteiger partial charge in [-0.2, -0.15) is 0 Å². The summed E-state index contributed by atoms with van der Waals surface area (Å²) in [5.74, 6) is 2.14. The van der Waals surface area contributed by atoms with Crippen molar-refractivity contribution in [2.24, 2.45) is 5.92 Å². The minimum atomic E-state index is 0.891. The van der Waals surface area contributed by atoms with Crippen LogP contribution in [-0.4, -0.2) is 18.8 Å². The molecule has 0 aromatic carbocycles. The van der Waals surface area contributed by atoms with Gasteiger partial charge >= 0.3 is 0 Å². The quantitative estimate of drug-likeness (QED) is 0.821. The highest BCUT2D eigenvalue weighted by Crippen LogP contribution is 2.32. The van der Waals surface area contributed by atoms with E-state index in [2.05, 4.69) is 11.4 Å². The molecule has 2 rings (SSSR count). The highest BCUT2D eigenvalue weighted by atomic mass is 35.5. The van der Waals surface area contributed by atoms with Crippen molar-refractivity contribution in [3.05, 3.63) is 16.5 Å². The first kappa shape index (κ1) is 10.8. The standard InChI is InChI=1S/C10H14ClNS2/c11-9-1-2-10(14-9)13-7-8-3-5-12-6-4-8/h1-2,8,12H,3-7H2. The molecule has 1 aromatic heterocycles. The Hall–Kier alpha value is 0.300. The molecule has 1 aliphatic rings. The minimum Gasteiger partial charge on any atom is -0.317 e. The lowest BCUT2D eigenvalue weighted by atomic mass is 10.0. The minimum absolute atomic E-state index is 0.891. The zero-order valence-corrected chi connectivity index (χ0v) is 10.4. The van der Waals surface area contributed by atoms with Gasteiger partial charge in [0.2, 0.25) is 0 Å². The lowest BCUT2D eigenvalue weighted by molar-refractivity contribution is 0.408. The first-order chi connectivity index (χ1) is 6.84. The molecule has 1 nitrogen and oxygen atoms in total. The average Bonchev–Trinajstić information content (AvgIpc) is 2.63. The summed E-state index contributed by atoms with van der Waals surface area (Å²) < 4.78 is 2.26. The molecule has 0 bridgehead atoms. The van der Waals surface area contributed by atoms with Crippen LogP contribution in [0.15, 0.2) is 16.3 Å². The lowest BCUT2D eigenvalue weighted by Crippen LogP contribution is -2.28. The number of thiophene rings is 1. The van der Waals surface area contributed by atoms with E-state index in [-0.39, 0.29) is 0 Å². The van der Waals surface area contributed by atoms with Crippen LogP contribution in [0.2, 0.25) is 4.34 Å². The van der Waals surface area contributed by atoms with E-state index >= 15 is 0 Å². The predicted molar refractivity (Wildman–Crippen MR) is 65.6 cm³/mol. The van der Waals surface area contributed by atoms with Gasteiger partial charge < -0.3 is 5.32 Å². The van der Waals surface area contributed by atoms with Gasteiger partial charge in [-0.1, -0.05) is 11.6 Å². The van der Waals surface area contributed by atoms with Crippen LogP contribution in [0.1, 0.15) is 12.8 Å². The number of thioether (sulfide) groups is 1. The molecule has 1 aliphatic heterocycles. The molecule has 0 saturated carbocycles. The highest BCUT2D eigenvalue weighted by molar-refractivity contribution is 8.01. The largest absolute Gasteiger partial charge is 0.317 e. The van der Waals surface area contributed by atoms with E-state index in [1.807, 2.05) is 17.8 Å². The number of rotatable bonds is 3. The Balaban J connectivity index is 1.76. The highest BCUT2D eigenvalue weighted by Gasteiger charge is 2.13. The molecule has 1 N–H and O–H groups in total. The Morgan fingerprint density at radius 3 is 2.86 bits per heavy atom. The topological polar surface area (TPSA) is 12.0 Å². The molecule has 2 heterocycles. The van der Waals surface area contributed by atoms with Crippen LogP contribution < -0.4 is 5.32 Å². The third-order valence-electron chi connectivity index (χ3n) is 2.47. The average molecular weight is 248 g/mol. The van der Waals surface area contributed by atoms with Crippen LogP contribution in [0, 0.1) is 5.92 Å². The van der Waals surface area contributed by atoms with E-state index in [0.29, 0.717) is 0 Å². The SMILES string of the molecule is Clc1ccc(SCC2CCNCC2)s1. The maximum atomic E-state index is 5.88. The Kier molecular flexibility index (Phi) is 4.17. The van der Waals surface area contributed by atoms with Crippen molar-refractivity contribution in [2.75, 3.05) is 18.8 Å². The van der Waals surface area contributed by atoms with Gasteiger partial charge in [-0.3, -0.25) is 0 Å². The normalized spacial score (nSPS) is 18.6. The Morgan fingerprint density at radius 1 is 1.43 bits per heavy atom. The molecule has 1 aromatic rings. The van der Waals surface area contributed by atoms with Crippen molar-refractivity contribution in [1.29, 1.82) is 0 Å². The first-order valence-electron chi connectivity index (χ1n) is 4.93. The predicted octanol–water partition coefficient (Wildman–Crippen LogP) is 3.49. The van der Waals surface area contributed by atoms with Crippen molar-refractivity contribution in [2.45, 2.75) is 17.1 Å². The van der Waals surface area contributed by atoms with E-state index in [0.717, 1.165) is 10.3 Å². The molecule has 1 saturated heterocycles. The van der Waals surface area contributed by atoms with E-state index in [1.165, 1.54) is 35.9 Å².